The highest BCUT2D eigenvalue weighted by Gasteiger charge is 2.18. The molecule has 0 spiro atoms. The van der Waals surface area contributed by atoms with E-state index in [9.17, 15) is 14.9 Å². The molecule has 0 saturated carbocycles. The fourth-order valence-corrected chi connectivity index (χ4v) is 1.79. The molecule has 2 aromatic rings. The van der Waals surface area contributed by atoms with Gasteiger partial charge in [0.15, 0.2) is 0 Å². The molecule has 0 bridgehead atoms. The maximum Gasteiger partial charge on any atom is 0.294 e. The minimum atomic E-state index is -0.661. The zero-order valence-electron chi connectivity index (χ0n) is 10.4. The van der Waals surface area contributed by atoms with Gasteiger partial charge in [0.1, 0.15) is 11.4 Å². The molecule has 21 heavy (non-hydrogen) atoms. The number of pyridine rings is 1. The molecule has 1 aromatic carbocycles. The first-order valence-corrected chi connectivity index (χ1v) is 6.42. The van der Waals surface area contributed by atoms with E-state index in [1.165, 1.54) is 24.4 Å². The van der Waals surface area contributed by atoms with E-state index in [0.717, 1.165) is 6.07 Å². The number of carbonyl (C=O) groups is 1. The van der Waals surface area contributed by atoms with Gasteiger partial charge in [0.05, 0.1) is 16.6 Å². The third-order valence-electron chi connectivity index (χ3n) is 2.53. The van der Waals surface area contributed by atoms with E-state index < -0.39 is 10.8 Å². The van der Waals surface area contributed by atoms with Crippen LogP contribution in [0.4, 0.5) is 11.4 Å². The summed E-state index contributed by atoms with van der Waals surface area (Å²) in [6.45, 7) is 0. The Bertz CT molecular complexity index is 753. The lowest BCUT2D eigenvalue weighted by atomic mass is 10.2. The number of nitro groups is 1. The van der Waals surface area contributed by atoms with E-state index in [1.807, 2.05) is 0 Å². The highest BCUT2D eigenvalue weighted by molar-refractivity contribution is 9.10. The molecule has 1 aromatic heterocycles. The summed E-state index contributed by atoms with van der Waals surface area (Å²) in [6, 6.07) is 8.72. The second kappa shape index (κ2) is 6.11. The third kappa shape index (κ3) is 3.40. The van der Waals surface area contributed by atoms with Crippen LogP contribution in [0, 0.1) is 21.4 Å². The number of nitrogens with one attached hydrogen (secondary N) is 1. The Morgan fingerprint density at radius 2 is 2.14 bits per heavy atom. The molecule has 0 fully saturated rings. The number of carbonyl (C=O) groups excluding carboxylic acids is 1. The first kappa shape index (κ1) is 14.6. The lowest BCUT2D eigenvalue weighted by molar-refractivity contribution is -0.383. The number of aromatic nitrogens is 1. The number of hydrogen-bond acceptors (Lipinski definition) is 5. The van der Waals surface area contributed by atoms with Gasteiger partial charge in [0, 0.05) is 16.7 Å². The Kier molecular flexibility index (Phi) is 4.25. The topological polar surface area (TPSA) is 109 Å². The molecular weight excluding hydrogens is 340 g/mol. The van der Waals surface area contributed by atoms with Crippen LogP contribution >= 0.6 is 15.9 Å². The Morgan fingerprint density at radius 3 is 2.71 bits per heavy atom. The van der Waals surface area contributed by atoms with Crippen molar-refractivity contribution in [3.8, 4) is 6.07 Å². The van der Waals surface area contributed by atoms with Crippen molar-refractivity contribution in [3.63, 3.8) is 0 Å². The molecule has 7 nitrogen and oxygen atoms in total. The van der Waals surface area contributed by atoms with Crippen LogP contribution in [0.1, 0.15) is 16.1 Å². The van der Waals surface area contributed by atoms with Gasteiger partial charge in [-0.05, 0) is 40.2 Å². The van der Waals surface area contributed by atoms with Crippen LogP contribution in [0.5, 0.6) is 0 Å². The van der Waals surface area contributed by atoms with Crippen molar-refractivity contribution >= 4 is 33.2 Å². The molecule has 1 heterocycles. The number of nitrogens with zero attached hydrogens (tertiary/aromatic N) is 3. The minimum absolute atomic E-state index is 0.00807. The molecule has 0 atom stereocenters. The highest BCUT2D eigenvalue weighted by atomic mass is 79.9. The molecule has 2 rings (SSSR count). The van der Waals surface area contributed by atoms with Gasteiger partial charge in [-0.3, -0.25) is 14.9 Å². The fourth-order valence-electron chi connectivity index (χ4n) is 1.55. The lowest BCUT2D eigenvalue weighted by Crippen LogP contribution is -2.14. The maximum atomic E-state index is 12.0. The highest BCUT2D eigenvalue weighted by Crippen LogP contribution is 2.25. The van der Waals surface area contributed by atoms with Crippen LogP contribution in [0.3, 0.4) is 0 Å². The van der Waals surface area contributed by atoms with Gasteiger partial charge in [-0.2, -0.15) is 5.26 Å². The SMILES string of the molecule is N#Cc1ccc(NC(=O)c2ccc(Br)cn2)c([N+](=O)[O-])c1. The number of nitriles is 1. The van der Waals surface area contributed by atoms with E-state index >= 15 is 0 Å². The van der Waals surface area contributed by atoms with Crippen LogP contribution in [0.15, 0.2) is 41.0 Å². The Labute approximate surface area is 127 Å². The van der Waals surface area contributed by atoms with Gasteiger partial charge in [-0.15, -0.1) is 0 Å². The zero-order valence-corrected chi connectivity index (χ0v) is 12.0. The predicted octanol–water partition coefficient (Wildman–Crippen LogP) is 2.88. The number of halogens is 1. The lowest BCUT2D eigenvalue weighted by Gasteiger charge is -2.05. The molecule has 1 amide bonds. The van der Waals surface area contributed by atoms with Crippen molar-refractivity contribution in [1.82, 2.24) is 4.98 Å². The van der Waals surface area contributed by atoms with Gasteiger partial charge in [-0.1, -0.05) is 0 Å². The second-order valence-electron chi connectivity index (χ2n) is 3.92. The predicted molar refractivity (Wildman–Crippen MR) is 77.7 cm³/mol. The summed E-state index contributed by atoms with van der Waals surface area (Å²) in [5, 5.41) is 22.1. The molecule has 104 valence electrons. The monoisotopic (exact) mass is 346 g/mol. The van der Waals surface area contributed by atoms with E-state index in [4.69, 9.17) is 5.26 Å². The number of nitro benzene ring substituents is 1. The second-order valence-corrected chi connectivity index (χ2v) is 4.83. The number of rotatable bonds is 3. The van der Waals surface area contributed by atoms with Gasteiger partial charge >= 0.3 is 0 Å². The number of anilines is 1. The maximum absolute atomic E-state index is 12.0. The number of hydrogen-bond donors (Lipinski definition) is 1. The Morgan fingerprint density at radius 1 is 1.38 bits per heavy atom. The van der Waals surface area contributed by atoms with Gasteiger partial charge in [-0.25, -0.2) is 4.98 Å². The fraction of sp³-hybridized carbons (Fsp3) is 0. The zero-order chi connectivity index (χ0) is 15.4. The Hall–Kier alpha value is -2.79. The van der Waals surface area contributed by atoms with E-state index in [0.29, 0.717) is 4.47 Å². The van der Waals surface area contributed by atoms with Crippen molar-refractivity contribution in [2.75, 3.05) is 5.32 Å². The van der Waals surface area contributed by atoms with E-state index in [-0.39, 0.29) is 22.6 Å². The summed E-state index contributed by atoms with van der Waals surface area (Å²) in [6.07, 6.45) is 1.45. The van der Waals surface area contributed by atoms with E-state index in [1.54, 1.807) is 12.1 Å². The van der Waals surface area contributed by atoms with Crippen LogP contribution in [-0.4, -0.2) is 15.8 Å². The van der Waals surface area contributed by atoms with Crippen molar-refractivity contribution in [3.05, 3.63) is 62.4 Å². The summed E-state index contributed by atoms with van der Waals surface area (Å²) in [7, 11) is 0. The molecular formula is C13H7BrN4O3. The van der Waals surface area contributed by atoms with Crippen molar-refractivity contribution in [1.29, 1.82) is 5.26 Å². The van der Waals surface area contributed by atoms with Crippen LogP contribution in [-0.2, 0) is 0 Å². The summed E-state index contributed by atoms with van der Waals surface area (Å²) in [5.41, 5.74) is -0.0773. The average Bonchev–Trinajstić information content (AvgIpc) is 2.48. The molecule has 0 aliphatic rings. The summed E-state index contributed by atoms with van der Waals surface area (Å²) in [4.78, 5) is 26.2. The van der Waals surface area contributed by atoms with E-state index in [2.05, 4.69) is 26.2 Å². The summed E-state index contributed by atoms with van der Waals surface area (Å²) < 4.78 is 0.711. The van der Waals surface area contributed by atoms with Crippen molar-refractivity contribution < 1.29 is 9.72 Å². The third-order valence-corrected chi connectivity index (χ3v) is 3.00. The summed E-state index contributed by atoms with van der Waals surface area (Å²) in [5.74, 6) is -0.574. The number of amides is 1. The normalized spacial score (nSPS) is 9.71. The molecule has 0 aliphatic heterocycles. The van der Waals surface area contributed by atoms with Crippen molar-refractivity contribution in [2.45, 2.75) is 0 Å². The smallest absolute Gasteiger partial charge is 0.294 e. The van der Waals surface area contributed by atoms with Crippen LogP contribution in [0.25, 0.3) is 0 Å². The van der Waals surface area contributed by atoms with Crippen LogP contribution in [0.2, 0.25) is 0 Å². The van der Waals surface area contributed by atoms with Gasteiger partial charge in [0.25, 0.3) is 11.6 Å². The quantitative estimate of drug-likeness (QED) is 0.678. The molecule has 0 saturated heterocycles. The standard InChI is InChI=1S/C13H7BrN4O3/c14-9-2-4-11(16-7-9)13(19)17-10-3-1-8(6-15)5-12(10)18(20)21/h1-5,7H,(H,17,19). The summed E-state index contributed by atoms with van der Waals surface area (Å²) >= 11 is 3.19. The van der Waals surface area contributed by atoms with Crippen LogP contribution < -0.4 is 5.32 Å². The minimum Gasteiger partial charge on any atom is -0.315 e. The molecule has 0 aliphatic carbocycles. The number of benzene rings is 1. The average molecular weight is 347 g/mol. The Balaban J connectivity index is 2.31. The first-order chi connectivity index (χ1) is 10.0. The first-order valence-electron chi connectivity index (χ1n) is 5.62. The van der Waals surface area contributed by atoms with Crippen molar-refractivity contribution in [2.24, 2.45) is 0 Å². The largest absolute Gasteiger partial charge is 0.315 e. The molecule has 1 N–H and O–H groups in total. The molecule has 0 radical (unpaired) electrons. The molecule has 8 heteroatoms. The van der Waals surface area contributed by atoms with Gasteiger partial charge in [0.2, 0.25) is 0 Å². The van der Waals surface area contributed by atoms with Gasteiger partial charge < -0.3 is 5.32 Å². The molecule has 0 unspecified atom stereocenters.